The summed E-state index contributed by atoms with van der Waals surface area (Å²) in [6, 6.07) is 8.70. The molecule has 0 saturated heterocycles. The Morgan fingerprint density at radius 1 is 1.22 bits per heavy atom. The van der Waals surface area contributed by atoms with Gasteiger partial charge in [-0.3, -0.25) is 9.48 Å². The van der Waals surface area contributed by atoms with Gasteiger partial charge >= 0.3 is 0 Å². The number of benzene rings is 1. The largest absolute Gasteiger partial charge is 0.471 e. The molecule has 1 amide bonds. The third-order valence-electron chi connectivity index (χ3n) is 4.03. The Labute approximate surface area is 170 Å². The molecule has 1 aromatic carbocycles. The Kier molecular flexibility index (Phi) is 6.18. The number of hydrogen-bond acceptors (Lipinski definition) is 4. The first-order chi connectivity index (χ1) is 13.0. The van der Waals surface area contributed by atoms with Gasteiger partial charge in [0.1, 0.15) is 11.4 Å². The molecule has 2 heterocycles. The summed E-state index contributed by atoms with van der Waals surface area (Å²) in [5.74, 6) is 0.500. The van der Waals surface area contributed by atoms with Gasteiger partial charge in [-0.05, 0) is 53.2 Å². The van der Waals surface area contributed by atoms with Gasteiger partial charge < -0.3 is 9.64 Å². The summed E-state index contributed by atoms with van der Waals surface area (Å²) in [6.45, 7) is 3.29. The first kappa shape index (κ1) is 19.4. The maximum absolute atomic E-state index is 12.9. The second-order valence-corrected chi connectivity index (χ2v) is 7.15. The summed E-state index contributed by atoms with van der Waals surface area (Å²) in [6.07, 6.45) is 3.32. The number of rotatable bonds is 7. The Bertz CT molecular complexity index is 922. The Morgan fingerprint density at radius 2 is 1.96 bits per heavy atom. The molecule has 9 heteroatoms. The van der Waals surface area contributed by atoms with Crippen LogP contribution in [0.15, 0.2) is 47.2 Å². The van der Waals surface area contributed by atoms with Crippen molar-refractivity contribution >= 4 is 33.4 Å². The second kappa shape index (κ2) is 8.58. The van der Waals surface area contributed by atoms with Crippen molar-refractivity contribution in [3.05, 3.63) is 63.6 Å². The van der Waals surface area contributed by atoms with Gasteiger partial charge in [-0.25, -0.2) is 4.68 Å². The molecule has 0 aliphatic heterocycles. The van der Waals surface area contributed by atoms with Gasteiger partial charge in [0, 0.05) is 24.8 Å². The highest BCUT2D eigenvalue weighted by molar-refractivity contribution is 9.10. The molecule has 0 unspecified atom stereocenters. The molecular weight excluding hydrogens is 434 g/mol. The molecule has 0 N–H and O–H groups in total. The number of nitrogens with zero attached hydrogens (tertiary/aromatic N) is 5. The molecule has 142 valence electrons. The van der Waals surface area contributed by atoms with Crippen LogP contribution >= 0.6 is 27.5 Å². The Hall–Kier alpha value is -2.32. The minimum Gasteiger partial charge on any atom is -0.471 e. The van der Waals surface area contributed by atoms with E-state index in [0.29, 0.717) is 23.0 Å². The van der Waals surface area contributed by atoms with Crippen LogP contribution in [0, 0.1) is 0 Å². The number of aromatic nitrogens is 4. The minimum atomic E-state index is -0.150. The lowest BCUT2D eigenvalue weighted by atomic mass is 10.3. The van der Waals surface area contributed by atoms with Crippen LogP contribution < -0.4 is 4.74 Å². The lowest BCUT2D eigenvalue weighted by Gasteiger charge is -2.19. The van der Waals surface area contributed by atoms with Crippen molar-refractivity contribution in [2.45, 2.75) is 26.7 Å². The van der Waals surface area contributed by atoms with Gasteiger partial charge in [0.15, 0.2) is 6.73 Å². The highest BCUT2D eigenvalue weighted by atomic mass is 79.9. The van der Waals surface area contributed by atoms with Gasteiger partial charge in [0.2, 0.25) is 0 Å². The normalized spacial score (nSPS) is 10.8. The molecule has 0 fully saturated rings. The van der Waals surface area contributed by atoms with Gasteiger partial charge in [0.25, 0.3) is 5.91 Å². The Balaban J connectivity index is 1.69. The van der Waals surface area contributed by atoms with Crippen LogP contribution in [0.2, 0.25) is 5.02 Å². The van der Waals surface area contributed by atoms with Crippen molar-refractivity contribution in [1.82, 2.24) is 24.5 Å². The molecule has 3 aromatic rings. The number of hydrogen-bond donors (Lipinski definition) is 0. The predicted molar refractivity (Wildman–Crippen MR) is 106 cm³/mol. The van der Waals surface area contributed by atoms with E-state index in [1.807, 2.05) is 11.6 Å². The van der Waals surface area contributed by atoms with Crippen LogP contribution in [0.4, 0.5) is 0 Å². The molecule has 0 bridgehead atoms. The summed E-state index contributed by atoms with van der Waals surface area (Å²) in [4.78, 5) is 14.5. The van der Waals surface area contributed by atoms with Gasteiger partial charge in [0.05, 0.1) is 22.9 Å². The SMILES string of the molecule is CCn1ncc(Br)c1CN(C)C(=O)c1ccnn1COc1ccc(Cl)cc1. The topological polar surface area (TPSA) is 65.2 Å². The van der Waals surface area contributed by atoms with Crippen molar-refractivity contribution < 1.29 is 9.53 Å². The third kappa shape index (κ3) is 4.51. The van der Waals surface area contributed by atoms with Crippen LogP contribution in [0.25, 0.3) is 0 Å². The van der Waals surface area contributed by atoms with E-state index < -0.39 is 0 Å². The summed E-state index contributed by atoms with van der Waals surface area (Å²) in [5, 5.41) is 9.11. The standard InChI is InChI=1S/C18H19BrClN5O2/c1-3-24-17(15(19)10-22-24)11-23(2)18(26)16-8-9-21-25(16)12-27-14-6-4-13(20)5-7-14/h4-10H,3,11-12H2,1-2H3. The first-order valence-electron chi connectivity index (χ1n) is 8.35. The monoisotopic (exact) mass is 451 g/mol. The van der Waals surface area contributed by atoms with Crippen molar-refractivity contribution in [3.8, 4) is 5.75 Å². The average Bonchev–Trinajstić information content (AvgIpc) is 3.27. The lowest BCUT2D eigenvalue weighted by Crippen LogP contribution is -2.30. The molecule has 0 saturated carbocycles. The number of carbonyl (C=O) groups excluding carboxylic acids is 1. The van der Waals surface area contributed by atoms with Crippen LogP contribution in [0.5, 0.6) is 5.75 Å². The maximum atomic E-state index is 12.9. The summed E-state index contributed by atoms with van der Waals surface area (Å²) in [5.41, 5.74) is 1.39. The fourth-order valence-corrected chi connectivity index (χ4v) is 3.14. The summed E-state index contributed by atoms with van der Waals surface area (Å²) in [7, 11) is 1.75. The summed E-state index contributed by atoms with van der Waals surface area (Å²) < 4.78 is 9.95. The van der Waals surface area contributed by atoms with E-state index in [1.54, 1.807) is 54.7 Å². The van der Waals surface area contributed by atoms with E-state index in [0.717, 1.165) is 16.7 Å². The fourth-order valence-electron chi connectivity index (χ4n) is 2.59. The van der Waals surface area contributed by atoms with Crippen molar-refractivity contribution in [2.75, 3.05) is 7.05 Å². The molecule has 0 radical (unpaired) electrons. The number of ether oxygens (including phenoxy) is 1. The van der Waals surface area contributed by atoms with Crippen LogP contribution in [-0.2, 0) is 19.8 Å². The molecule has 3 rings (SSSR count). The van der Waals surface area contributed by atoms with E-state index in [4.69, 9.17) is 16.3 Å². The van der Waals surface area contributed by atoms with E-state index in [9.17, 15) is 4.79 Å². The molecule has 27 heavy (non-hydrogen) atoms. The van der Waals surface area contributed by atoms with E-state index >= 15 is 0 Å². The molecule has 2 aromatic heterocycles. The highest BCUT2D eigenvalue weighted by Crippen LogP contribution is 2.19. The van der Waals surface area contributed by atoms with Gasteiger partial charge in [-0.2, -0.15) is 10.2 Å². The van der Waals surface area contributed by atoms with Crippen molar-refractivity contribution in [1.29, 1.82) is 0 Å². The number of amides is 1. The molecular formula is C18H19BrClN5O2. The van der Waals surface area contributed by atoms with E-state index in [1.165, 1.54) is 4.68 Å². The lowest BCUT2D eigenvalue weighted by molar-refractivity contribution is 0.0758. The van der Waals surface area contributed by atoms with Crippen molar-refractivity contribution in [3.63, 3.8) is 0 Å². The molecule has 7 nitrogen and oxygen atoms in total. The predicted octanol–water partition coefficient (Wildman–Crippen LogP) is 3.82. The molecule has 0 spiro atoms. The number of carbonyl (C=O) groups is 1. The smallest absolute Gasteiger partial charge is 0.272 e. The number of aryl methyl sites for hydroxylation is 1. The highest BCUT2D eigenvalue weighted by Gasteiger charge is 2.19. The van der Waals surface area contributed by atoms with Gasteiger partial charge in [-0.15, -0.1) is 0 Å². The van der Waals surface area contributed by atoms with E-state index in [2.05, 4.69) is 26.1 Å². The zero-order valence-corrected chi connectivity index (χ0v) is 17.3. The zero-order valence-electron chi connectivity index (χ0n) is 15.0. The third-order valence-corrected chi connectivity index (χ3v) is 4.95. The summed E-state index contributed by atoms with van der Waals surface area (Å²) >= 11 is 9.36. The van der Waals surface area contributed by atoms with E-state index in [-0.39, 0.29) is 12.6 Å². The van der Waals surface area contributed by atoms with Crippen LogP contribution in [0.1, 0.15) is 23.1 Å². The second-order valence-electron chi connectivity index (χ2n) is 5.86. The van der Waals surface area contributed by atoms with Crippen LogP contribution in [0.3, 0.4) is 0 Å². The average molecular weight is 453 g/mol. The van der Waals surface area contributed by atoms with Gasteiger partial charge in [-0.1, -0.05) is 11.6 Å². The maximum Gasteiger partial charge on any atom is 0.272 e. The number of halogens is 2. The minimum absolute atomic E-state index is 0.125. The van der Waals surface area contributed by atoms with Crippen LogP contribution in [-0.4, -0.2) is 37.4 Å². The zero-order chi connectivity index (χ0) is 19.4. The fraction of sp³-hybridized carbons (Fsp3) is 0.278. The van der Waals surface area contributed by atoms with Crippen molar-refractivity contribution in [2.24, 2.45) is 0 Å². The Morgan fingerprint density at radius 3 is 2.67 bits per heavy atom. The first-order valence-corrected chi connectivity index (χ1v) is 9.52. The molecule has 0 aliphatic rings. The molecule has 0 atom stereocenters. The quantitative estimate of drug-likeness (QED) is 0.546. The molecule has 0 aliphatic carbocycles.